The van der Waals surface area contributed by atoms with Crippen LogP contribution in [-0.4, -0.2) is 18.1 Å². The summed E-state index contributed by atoms with van der Waals surface area (Å²) >= 11 is 13.3. The molecule has 1 aromatic heterocycles. The Kier molecular flexibility index (Phi) is 9.92. The summed E-state index contributed by atoms with van der Waals surface area (Å²) in [5, 5.41) is 3.40. The molecule has 1 aliphatic rings. The van der Waals surface area contributed by atoms with E-state index in [2.05, 4.69) is 10.3 Å². The summed E-state index contributed by atoms with van der Waals surface area (Å²) in [7, 11) is -7.15. The third kappa shape index (κ3) is 7.63. The van der Waals surface area contributed by atoms with Gasteiger partial charge in [0.15, 0.2) is 38.0 Å². The van der Waals surface area contributed by atoms with E-state index in [0.29, 0.717) is 46.3 Å². The van der Waals surface area contributed by atoms with Crippen molar-refractivity contribution in [2.45, 2.75) is 24.5 Å². The monoisotopic (exact) mass is 716 g/mol. The van der Waals surface area contributed by atoms with Crippen molar-refractivity contribution in [3.8, 4) is 11.1 Å². The Morgan fingerprint density at radius 1 is 0.761 bits per heavy atom. The molecule has 1 aliphatic heterocycles. The summed E-state index contributed by atoms with van der Waals surface area (Å²) in [5.74, 6) is -4.68. The Morgan fingerprint density at radius 3 is 1.85 bits per heavy atom. The average molecular weight is 717 g/mol. The van der Waals surface area contributed by atoms with Crippen molar-refractivity contribution >= 4 is 64.7 Å². The van der Waals surface area contributed by atoms with Gasteiger partial charge < -0.3 is 22.6 Å². The fourth-order valence-corrected chi connectivity index (χ4v) is 8.47. The van der Waals surface area contributed by atoms with Gasteiger partial charge in [0, 0.05) is 40.7 Å². The Bertz CT molecular complexity index is 1900. The molecule has 1 amide bonds. The fraction of sp³-hybridized carbons (Fsp3) is 0. The van der Waals surface area contributed by atoms with E-state index >= 15 is 0 Å². The molecule has 4 aromatic carbocycles. The summed E-state index contributed by atoms with van der Waals surface area (Å²) < 4.78 is 96.5. The van der Waals surface area contributed by atoms with Gasteiger partial charge in [-0.05, 0) is 54.1 Å². The normalized spacial score (nSPS) is 12.5. The van der Waals surface area contributed by atoms with Crippen LogP contribution in [0.3, 0.4) is 0 Å². The van der Waals surface area contributed by atoms with Gasteiger partial charge in [-0.3, -0.25) is 4.79 Å². The average Bonchev–Trinajstić information content (AvgIpc) is 2.98. The molecule has 0 saturated heterocycles. The maximum Gasteiger partial charge on any atom is 0.673 e. The largest absolute Gasteiger partial charge is 0.673 e. The van der Waals surface area contributed by atoms with Gasteiger partial charge in [0.25, 0.3) is 5.91 Å². The van der Waals surface area contributed by atoms with Gasteiger partial charge in [0.1, 0.15) is 16.0 Å². The highest BCUT2D eigenvalue weighted by Crippen LogP contribution is 2.50. The first-order valence-corrected chi connectivity index (χ1v) is 15.6. The van der Waals surface area contributed by atoms with Crippen LogP contribution in [0.4, 0.5) is 40.5 Å². The fourth-order valence-electron chi connectivity index (χ4n) is 4.36. The number of fused-ring (bicyclic) bond motifs is 2. The van der Waals surface area contributed by atoms with Crippen molar-refractivity contribution in [1.82, 2.24) is 4.98 Å². The molecule has 2 heterocycles. The lowest BCUT2D eigenvalue weighted by Gasteiger charge is -2.20. The van der Waals surface area contributed by atoms with E-state index in [1.54, 1.807) is 48.5 Å². The van der Waals surface area contributed by atoms with Crippen LogP contribution in [-0.2, 0) is 10.9 Å². The van der Waals surface area contributed by atoms with E-state index in [1.807, 2.05) is 0 Å². The highest BCUT2D eigenvalue weighted by molar-refractivity contribution is 8.04. The number of hydrogen-bond donors (Lipinski definition) is 1. The standard InChI is InChI=1S/C30H14Cl2F4N2OS2.BF4/c31-16-5-3-15(4-6-16)19-10-17(7-8-24(19)38-30(39)18-2-1-9-37-29(18)32)41-27-13-22(35)20(33)11-25(27)40-26-12-21(34)23(36)14-28(26)41;2-1(3,4)5/h1-14H;/q;-1/p+1. The van der Waals surface area contributed by atoms with Crippen LogP contribution in [0.1, 0.15) is 10.4 Å². The van der Waals surface area contributed by atoms with Crippen molar-refractivity contribution in [1.29, 1.82) is 0 Å². The number of carbonyl (C=O) groups excluding carboxylic acids is 1. The molecule has 0 saturated carbocycles. The number of anilines is 1. The molecule has 0 atom stereocenters. The highest BCUT2D eigenvalue weighted by atomic mass is 35.5. The number of amides is 1. The Balaban J connectivity index is 0.000000775. The zero-order valence-electron chi connectivity index (χ0n) is 22.6. The van der Waals surface area contributed by atoms with Gasteiger partial charge in [-0.2, -0.15) is 0 Å². The van der Waals surface area contributed by atoms with E-state index in [4.69, 9.17) is 23.2 Å². The third-order valence-corrected chi connectivity index (χ3v) is 10.5. The number of hydrogen-bond acceptors (Lipinski definition) is 3. The maximum absolute atomic E-state index is 14.5. The van der Waals surface area contributed by atoms with E-state index in [0.717, 1.165) is 36.0 Å². The smallest absolute Gasteiger partial charge is 0.418 e. The molecule has 16 heteroatoms. The zero-order chi connectivity index (χ0) is 33.3. The lowest BCUT2D eigenvalue weighted by Crippen LogP contribution is -2.15. The Hall–Kier alpha value is -3.72. The minimum absolute atomic E-state index is 0.0348. The summed E-state index contributed by atoms with van der Waals surface area (Å²) in [6.45, 7) is 0. The van der Waals surface area contributed by atoms with E-state index in [-0.39, 0.29) is 10.7 Å². The molecule has 5 aromatic rings. The summed E-state index contributed by atoms with van der Waals surface area (Å²) in [4.78, 5) is 19.3. The van der Waals surface area contributed by atoms with E-state index in [1.165, 1.54) is 12.3 Å². The molecule has 3 nitrogen and oxygen atoms in total. The Labute approximate surface area is 273 Å². The van der Waals surface area contributed by atoms with Crippen molar-refractivity contribution in [2.75, 3.05) is 5.32 Å². The van der Waals surface area contributed by atoms with Gasteiger partial charge in [0.2, 0.25) is 0 Å². The number of nitrogens with zero attached hydrogens (tertiary/aromatic N) is 1. The van der Waals surface area contributed by atoms with Crippen LogP contribution in [0.15, 0.2) is 110 Å². The summed E-state index contributed by atoms with van der Waals surface area (Å²) in [5.41, 5.74) is 1.86. The molecule has 0 fully saturated rings. The first-order valence-electron chi connectivity index (χ1n) is 12.8. The Morgan fingerprint density at radius 2 is 1.30 bits per heavy atom. The van der Waals surface area contributed by atoms with Crippen LogP contribution in [0.5, 0.6) is 0 Å². The summed E-state index contributed by atoms with van der Waals surface area (Å²) in [6, 6.07) is 19.5. The molecule has 0 radical (unpaired) electrons. The topological polar surface area (TPSA) is 42.0 Å². The zero-order valence-corrected chi connectivity index (χ0v) is 25.8. The van der Waals surface area contributed by atoms with Crippen molar-refractivity contribution in [3.05, 3.63) is 124 Å². The van der Waals surface area contributed by atoms with Crippen molar-refractivity contribution < 1.29 is 39.6 Å². The van der Waals surface area contributed by atoms with Gasteiger partial charge in [-0.1, -0.05) is 47.1 Å². The van der Waals surface area contributed by atoms with Crippen LogP contribution in [0.2, 0.25) is 10.2 Å². The molecule has 0 bridgehead atoms. The lowest BCUT2D eigenvalue weighted by atomic mass is 10.0. The third-order valence-electron chi connectivity index (χ3n) is 6.27. The van der Waals surface area contributed by atoms with Gasteiger partial charge in [0.05, 0.1) is 15.4 Å². The second-order valence-electron chi connectivity index (χ2n) is 9.34. The molecular formula is C30H15BCl2F8N2OS2. The second kappa shape index (κ2) is 13.6. The molecule has 6 rings (SSSR count). The SMILES string of the molecule is F[B-](F)(F)F.O=C(Nc1ccc([S+]2c3cc(F)c(F)cc3Sc3cc(F)c(F)cc32)cc1-c1ccc(Cl)cc1)c1cccnc1Cl. The van der Waals surface area contributed by atoms with Crippen LogP contribution < -0.4 is 5.32 Å². The molecule has 46 heavy (non-hydrogen) atoms. The van der Waals surface area contributed by atoms with Crippen LogP contribution >= 0.6 is 35.0 Å². The summed E-state index contributed by atoms with van der Waals surface area (Å²) in [6.07, 6.45) is 1.47. The van der Waals surface area contributed by atoms with Crippen LogP contribution in [0, 0.1) is 23.3 Å². The van der Waals surface area contributed by atoms with Gasteiger partial charge in [-0.15, -0.1) is 0 Å². The number of nitrogens with one attached hydrogen (secondary N) is 1. The predicted octanol–water partition coefficient (Wildman–Crippen LogP) is 10.7. The number of pyridine rings is 1. The predicted molar refractivity (Wildman–Crippen MR) is 163 cm³/mol. The molecular weight excluding hydrogens is 702 g/mol. The molecule has 236 valence electrons. The first-order chi connectivity index (χ1) is 21.7. The highest BCUT2D eigenvalue weighted by Gasteiger charge is 2.41. The van der Waals surface area contributed by atoms with Crippen molar-refractivity contribution in [3.63, 3.8) is 0 Å². The lowest BCUT2D eigenvalue weighted by molar-refractivity contribution is 0.102. The quantitative estimate of drug-likeness (QED) is 0.0855. The molecule has 0 unspecified atom stereocenters. The number of benzene rings is 4. The van der Waals surface area contributed by atoms with Crippen molar-refractivity contribution in [2.24, 2.45) is 0 Å². The van der Waals surface area contributed by atoms with Gasteiger partial charge >= 0.3 is 7.25 Å². The number of halogens is 10. The minimum Gasteiger partial charge on any atom is -0.418 e. The second-order valence-corrected chi connectivity index (χ2v) is 13.2. The number of rotatable bonds is 4. The van der Waals surface area contributed by atoms with Crippen LogP contribution in [0.25, 0.3) is 11.1 Å². The number of aromatic nitrogens is 1. The first kappa shape index (κ1) is 33.6. The molecule has 1 N–H and O–H groups in total. The van der Waals surface area contributed by atoms with E-state index in [9.17, 15) is 39.6 Å². The molecule has 0 aliphatic carbocycles. The van der Waals surface area contributed by atoms with E-state index < -0.39 is 47.3 Å². The minimum atomic E-state index is -6.00. The van der Waals surface area contributed by atoms with Gasteiger partial charge in [-0.25, -0.2) is 22.5 Å². The molecule has 0 spiro atoms. The number of carbonyl (C=O) groups is 1. The maximum atomic E-state index is 14.5.